The van der Waals surface area contributed by atoms with E-state index in [0.717, 1.165) is 17.9 Å². The number of hydrogen-bond acceptors (Lipinski definition) is 4. The molecule has 1 atom stereocenters. The standard InChI is InChI=1S/C15H22N2O3/c1-3-16-14(10-17-7-8-20-11-15(17)18)12-5-4-6-13(9-12)19-2/h4-6,9,14,16H,3,7-8,10-11H2,1-2H3. The number of rotatable bonds is 6. The van der Waals surface area contributed by atoms with E-state index in [1.54, 1.807) is 7.11 Å². The van der Waals surface area contributed by atoms with Gasteiger partial charge >= 0.3 is 0 Å². The van der Waals surface area contributed by atoms with E-state index in [1.165, 1.54) is 0 Å². The highest BCUT2D eigenvalue weighted by Gasteiger charge is 2.22. The molecule has 1 aliphatic heterocycles. The first-order valence-electron chi connectivity index (χ1n) is 6.97. The third-order valence-corrected chi connectivity index (χ3v) is 3.43. The van der Waals surface area contributed by atoms with Gasteiger partial charge in [0.05, 0.1) is 19.8 Å². The number of carbonyl (C=O) groups excluding carboxylic acids is 1. The zero-order valence-electron chi connectivity index (χ0n) is 12.1. The Labute approximate surface area is 119 Å². The van der Waals surface area contributed by atoms with Crippen molar-refractivity contribution >= 4 is 5.91 Å². The van der Waals surface area contributed by atoms with Gasteiger partial charge in [0.1, 0.15) is 12.4 Å². The van der Waals surface area contributed by atoms with Gasteiger partial charge in [0.2, 0.25) is 5.91 Å². The number of hydrogen-bond donors (Lipinski definition) is 1. The van der Waals surface area contributed by atoms with E-state index in [2.05, 4.69) is 18.3 Å². The van der Waals surface area contributed by atoms with E-state index in [4.69, 9.17) is 9.47 Å². The molecule has 1 unspecified atom stereocenters. The number of amides is 1. The average molecular weight is 278 g/mol. The molecule has 2 rings (SSSR count). The van der Waals surface area contributed by atoms with Crippen LogP contribution in [0, 0.1) is 0 Å². The van der Waals surface area contributed by atoms with Crippen LogP contribution in [0.5, 0.6) is 5.75 Å². The van der Waals surface area contributed by atoms with Crippen LogP contribution in [0.1, 0.15) is 18.5 Å². The SMILES string of the molecule is CCNC(CN1CCOCC1=O)c1cccc(OC)c1. The van der Waals surface area contributed by atoms with Crippen LogP contribution in [0.3, 0.4) is 0 Å². The number of ether oxygens (including phenoxy) is 2. The van der Waals surface area contributed by atoms with Crippen molar-refractivity contribution in [3.05, 3.63) is 29.8 Å². The average Bonchev–Trinajstić information content (AvgIpc) is 2.49. The van der Waals surface area contributed by atoms with Crippen molar-refractivity contribution in [1.29, 1.82) is 0 Å². The number of benzene rings is 1. The smallest absolute Gasteiger partial charge is 0.248 e. The second-order valence-electron chi connectivity index (χ2n) is 4.78. The van der Waals surface area contributed by atoms with Crippen LogP contribution < -0.4 is 10.1 Å². The van der Waals surface area contributed by atoms with Crippen LogP contribution in [0.4, 0.5) is 0 Å². The Morgan fingerprint density at radius 2 is 2.35 bits per heavy atom. The van der Waals surface area contributed by atoms with Crippen LogP contribution in [0.25, 0.3) is 0 Å². The van der Waals surface area contributed by atoms with Gasteiger partial charge in [-0.15, -0.1) is 0 Å². The summed E-state index contributed by atoms with van der Waals surface area (Å²) < 4.78 is 10.4. The minimum atomic E-state index is 0.0575. The van der Waals surface area contributed by atoms with Gasteiger partial charge in [-0.1, -0.05) is 19.1 Å². The molecule has 0 radical (unpaired) electrons. The van der Waals surface area contributed by atoms with E-state index < -0.39 is 0 Å². The Morgan fingerprint density at radius 3 is 3.05 bits per heavy atom. The molecule has 0 saturated carbocycles. The zero-order chi connectivity index (χ0) is 14.4. The Balaban J connectivity index is 2.10. The quantitative estimate of drug-likeness (QED) is 0.849. The summed E-state index contributed by atoms with van der Waals surface area (Å²) in [5.74, 6) is 0.890. The molecule has 1 aromatic carbocycles. The van der Waals surface area contributed by atoms with Crippen molar-refractivity contribution in [2.24, 2.45) is 0 Å². The minimum absolute atomic E-state index is 0.0575. The van der Waals surface area contributed by atoms with Crippen molar-refractivity contribution in [1.82, 2.24) is 10.2 Å². The fourth-order valence-corrected chi connectivity index (χ4v) is 2.36. The van der Waals surface area contributed by atoms with Gasteiger partial charge in [-0.3, -0.25) is 4.79 Å². The molecule has 0 aliphatic carbocycles. The molecule has 0 bridgehead atoms. The van der Waals surface area contributed by atoms with Crippen LogP contribution in [-0.4, -0.2) is 50.8 Å². The fraction of sp³-hybridized carbons (Fsp3) is 0.533. The number of likely N-dealkylation sites (N-methyl/N-ethyl adjacent to an activating group) is 1. The molecule has 5 nitrogen and oxygen atoms in total. The Hall–Kier alpha value is -1.59. The van der Waals surface area contributed by atoms with Crippen molar-refractivity contribution in [2.75, 3.05) is 40.0 Å². The van der Waals surface area contributed by atoms with Gasteiger partial charge in [-0.2, -0.15) is 0 Å². The monoisotopic (exact) mass is 278 g/mol. The Kier molecular flexibility index (Phi) is 5.38. The van der Waals surface area contributed by atoms with Crippen LogP contribution >= 0.6 is 0 Å². The molecule has 5 heteroatoms. The Bertz CT molecular complexity index is 450. The lowest BCUT2D eigenvalue weighted by Crippen LogP contribution is -2.45. The van der Waals surface area contributed by atoms with Gasteiger partial charge in [-0.05, 0) is 24.2 Å². The first-order chi connectivity index (χ1) is 9.74. The van der Waals surface area contributed by atoms with Gasteiger partial charge in [0, 0.05) is 13.1 Å². The maximum absolute atomic E-state index is 11.8. The highest BCUT2D eigenvalue weighted by molar-refractivity contribution is 5.78. The van der Waals surface area contributed by atoms with Crippen LogP contribution in [0.2, 0.25) is 0 Å². The second-order valence-corrected chi connectivity index (χ2v) is 4.78. The summed E-state index contributed by atoms with van der Waals surface area (Å²) in [6, 6.07) is 8.07. The van der Waals surface area contributed by atoms with Gasteiger partial charge in [-0.25, -0.2) is 0 Å². The fourth-order valence-electron chi connectivity index (χ4n) is 2.36. The van der Waals surface area contributed by atoms with Gasteiger partial charge in [0.15, 0.2) is 0 Å². The molecule has 1 fully saturated rings. The van der Waals surface area contributed by atoms with E-state index >= 15 is 0 Å². The Morgan fingerprint density at radius 1 is 1.50 bits per heavy atom. The number of nitrogens with one attached hydrogen (secondary N) is 1. The molecule has 1 amide bonds. The molecule has 0 spiro atoms. The molecule has 1 aliphatic rings. The van der Waals surface area contributed by atoms with E-state index in [1.807, 2.05) is 23.1 Å². The van der Waals surface area contributed by atoms with Crippen molar-refractivity contribution in [2.45, 2.75) is 13.0 Å². The lowest BCUT2D eigenvalue weighted by molar-refractivity contribution is -0.143. The first-order valence-corrected chi connectivity index (χ1v) is 6.97. The largest absolute Gasteiger partial charge is 0.497 e. The summed E-state index contributed by atoms with van der Waals surface area (Å²) in [5.41, 5.74) is 1.13. The lowest BCUT2D eigenvalue weighted by Gasteiger charge is -2.31. The summed E-state index contributed by atoms with van der Waals surface area (Å²) in [6.07, 6.45) is 0. The van der Waals surface area contributed by atoms with Crippen LogP contribution in [0.15, 0.2) is 24.3 Å². The summed E-state index contributed by atoms with van der Waals surface area (Å²) in [4.78, 5) is 13.7. The molecule has 0 aromatic heterocycles. The summed E-state index contributed by atoms with van der Waals surface area (Å²) in [6.45, 7) is 5.03. The molecule has 1 aromatic rings. The second kappa shape index (κ2) is 7.26. The third kappa shape index (κ3) is 3.71. The number of nitrogens with zero attached hydrogens (tertiary/aromatic N) is 1. The minimum Gasteiger partial charge on any atom is -0.497 e. The van der Waals surface area contributed by atoms with Gasteiger partial charge in [0.25, 0.3) is 0 Å². The highest BCUT2D eigenvalue weighted by atomic mass is 16.5. The first kappa shape index (κ1) is 14.8. The molecular weight excluding hydrogens is 256 g/mol. The van der Waals surface area contributed by atoms with E-state index in [0.29, 0.717) is 19.7 Å². The van der Waals surface area contributed by atoms with Crippen molar-refractivity contribution in [3.8, 4) is 5.75 Å². The molecule has 1 saturated heterocycles. The lowest BCUT2D eigenvalue weighted by atomic mass is 10.1. The molecule has 1 heterocycles. The topological polar surface area (TPSA) is 50.8 Å². The molecular formula is C15H22N2O3. The van der Waals surface area contributed by atoms with Crippen molar-refractivity contribution in [3.63, 3.8) is 0 Å². The summed E-state index contributed by atoms with van der Waals surface area (Å²) in [5, 5.41) is 3.43. The third-order valence-electron chi connectivity index (χ3n) is 3.43. The van der Waals surface area contributed by atoms with Crippen molar-refractivity contribution < 1.29 is 14.3 Å². The van der Waals surface area contributed by atoms with E-state index in [-0.39, 0.29) is 18.6 Å². The number of carbonyl (C=O) groups is 1. The van der Waals surface area contributed by atoms with E-state index in [9.17, 15) is 4.79 Å². The normalized spacial score (nSPS) is 17.1. The predicted molar refractivity (Wildman–Crippen MR) is 76.8 cm³/mol. The van der Waals surface area contributed by atoms with Crippen LogP contribution in [-0.2, 0) is 9.53 Å². The summed E-state index contributed by atoms with van der Waals surface area (Å²) in [7, 11) is 1.66. The molecule has 20 heavy (non-hydrogen) atoms. The summed E-state index contributed by atoms with van der Waals surface area (Å²) >= 11 is 0. The number of methoxy groups -OCH3 is 1. The zero-order valence-corrected chi connectivity index (χ0v) is 12.1. The predicted octanol–water partition coefficient (Wildman–Crippen LogP) is 1.20. The number of morpholine rings is 1. The van der Waals surface area contributed by atoms with Gasteiger partial charge < -0.3 is 19.7 Å². The maximum atomic E-state index is 11.8. The highest BCUT2D eigenvalue weighted by Crippen LogP contribution is 2.20. The maximum Gasteiger partial charge on any atom is 0.248 e. The molecule has 1 N–H and O–H groups in total. The molecule has 110 valence electrons.